The highest BCUT2D eigenvalue weighted by atomic mass is 19.1. The molecule has 0 radical (unpaired) electrons. The highest BCUT2D eigenvalue weighted by molar-refractivity contribution is 5.78. The van der Waals surface area contributed by atoms with Crippen LogP contribution in [0.15, 0.2) is 18.2 Å². The van der Waals surface area contributed by atoms with Crippen molar-refractivity contribution in [3.63, 3.8) is 0 Å². The standard InChI is InChI=1S/C9H9FN2O4/c1-16-9(13)8(11)6-4-5(10)2-3-7(6)12(14)15/h2-4,8H,11H2,1H3. The van der Waals surface area contributed by atoms with Gasteiger partial charge in [0.15, 0.2) is 0 Å². The number of ether oxygens (including phenoxy) is 1. The predicted molar refractivity (Wildman–Crippen MR) is 52.0 cm³/mol. The van der Waals surface area contributed by atoms with Crippen molar-refractivity contribution >= 4 is 11.7 Å². The van der Waals surface area contributed by atoms with Crippen LogP contribution in [0.5, 0.6) is 0 Å². The van der Waals surface area contributed by atoms with E-state index in [1.54, 1.807) is 0 Å². The van der Waals surface area contributed by atoms with E-state index in [0.717, 1.165) is 25.3 Å². The van der Waals surface area contributed by atoms with Crippen LogP contribution in [-0.2, 0) is 9.53 Å². The maximum Gasteiger partial charge on any atom is 0.327 e. The number of nitrogens with zero attached hydrogens (tertiary/aromatic N) is 1. The molecule has 1 atom stereocenters. The third kappa shape index (κ3) is 2.31. The zero-order valence-corrected chi connectivity index (χ0v) is 8.34. The number of carbonyl (C=O) groups is 1. The third-order valence-corrected chi connectivity index (χ3v) is 1.98. The van der Waals surface area contributed by atoms with Crippen LogP contribution in [-0.4, -0.2) is 18.0 Å². The molecule has 0 aliphatic heterocycles. The van der Waals surface area contributed by atoms with E-state index in [1.807, 2.05) is 0 Å². The van der Waals surface area contributed by atoms with E-state index < -0.39 is 28.4 Å². The average Bonchev–Trinajstić information content (AvgIpc) is 2.26. The number of hydrogen-bond donors (Lipinski definition) is 1. The van der Waals surface area contributed by atoms with Crippen LogP contribution in [0.4, 0.5) is 10.1 Å². The summed E-state index contributed by atoms with van der Waals surface area (Å²) in [6.45, 7) is 0. The van der Waals surface area contributed by atoms with Crippen molar-refractivity contribution in [2.75, 3.05) is 7.11 Å². The molecule has 0 heterocycles. The molecule has 0 spiro atoms. The molecule has 0 aromatic heterocycles. The van der Waals surface area contributed by atoms with Gasteiger partial charge in [-0.15, -0.1) is 0 Å². The SMILES string of the molecule is COC(=O)C(N)c1cc(F)ccc1[N+](=O)[O-]. The van der Waals surface area contributed by atoms with Crippen LogP contribution in [0, 0.1) is 15.9 Å². The largest absolute Gasteiger partial charge is 0.468 e. The maximum atomic E-state index is 12.9. The molecule has 0 aliphatic rings. The van der Waals surface area contributed by atoms with Crippen molar-refractivity contribution in [2.24, 2.45) is 5.73 Å². The summed E-state index contributed by atoms with van der Waals surface area (Å²) >= 11 is 0. The molecule has 1 aromatic rings. The second kappa shape index (κ2) is 4.67. The summed E-state index contributed by atoms with van der Waals surface area (Å²) < 4.78 is 17.2. The molecule has 0 saturated heterocycles. The summed E-state index contributed by atoms with van der Waals surface area (Å²) in [5.41, 5.74) is 4.78. The topological polar surface area (TPSA) is 95.5 Å². The van der Waals surface area contributed by atoms with Gasteiger partial charge in [-0.25, -0.2) is 9.18 Å². The van der Waals surface area contributed by atoms with Crippen LogP contribution in [0.25, 0.3) is 0 Å². The lowest BCUT2D eigenvalue weighted by Gasteiger charge is -2.09. The van der Waals surface area contributed by atoms with Gasteiger partial charge in [-0.2, -0.15) is 0 Å². The van der Waals surface area contributed by atoms with Gasteiger partial charge in [-0.05, 0) is 12.1 Å². The fraction of sp³-hybridized carbons (Fsp3) is 0.222. The number of hydrogen-bond acceptors (Lipinski definition) is 5. The van der Waals surface area contributed by atoms with Crippen LogP contribution >= 0.6 is 0 Å². The van der Waals surface area contributed by atoms with Crippen molar-refractivity contribution in [2.45, 2.75) is 6.04 Å². The Morgan fingerprint density at radius 2 is 2.25 bits per heavy atom. The first kappa shape index (κ1) is 12.1. The zero-order chi connectivity index (χ0) is 12.3. The van der Waals surface area contributed by atoms with Crippen molar-refractivity contribution < 1.29 is 18.8 Å². The molecule has 0 amide bonds. The molecule has 7 heteroatoms. The molecule has 6 nitrogen and oxygen atoms in total. The molecule has 1 unspecified atom stereocenters. The minimum atomic E-state index is -1.37. The van der Waals surface area contributed by atoms with Gasteiger partial charge in [0.2, 0.25) is 0 Å². The minimum absolute atomic E-state index is 0.211. The third-order valence-electron chi connectivity index (χ3n) is 1.98. The number of nitrogens with two attached hydrogens (primary N) is 1. The zero-order valence-electron chi connectivity index (χ0n) is 8.34. The molecule has 0 fully saturated rings. The van der Waals surface area contributed by atoms with E-state index in [-0.39, 0.29) is 5.56 Å². The van der Waals surface area contributed by atoms with Crippen molar-refractivity contribution in [3.8, 4) is 0 Å². The fourth-order valence-electron chi connectivity index (χ4n) is 1.19. The lowest BCUT2D eigenvalue weighted by Crippen LogP contribution is -2.23. The Balaban J connectivity index is 3.24. The molecule has 2 N–H and O–H groups in total. The van der Waals surface area contributed by atoms with E-state index >= 15 is 0 Å². The molecule has 0 bridgehead atoms. The van der Waals surface area contributed by atoms with Gasteiger partial charge in [0.1, 0.15) is 11.9 Å². The van der Waals surface area contributed by atoms with E-state index in [0.29, 0.717) is 0 Å². The Morgan fingerprint density at radius 3 is 2.75 bits per heavy atom. The summed E-state index contributed by atoms with van der Waals surface area (Å²) in [6, 6.07) is 1.35. The highest BCUT2D eigenvalue weighted by Crippen LogP contribution is 2.25. The molecule has 1 rings (SSSR count). The highest BCUT2D eigenvalue weighted by Gasteiger charge is 2.25. The van der Waals surface area contributed by atoms with E-state index in [4.69, 9.17) is 5.73 Å². The molecule has 16 heavy (non-hydrogen) atoms. The first-order valence-electron chi connectivity index (χ1n) is 4.24. The fourth-order valence-corrected chi connectivity index (χ4v) is 1.19. The first-order chi connectivity index (χ1) is 7.47. The van der Waals surface area contributed by atoms with Crippen molar-refractivity contribution in [3.05, 3.63) is 39.7 Å². The number of rotatable bonds is 3. The smallest absolute Gasteiger partial charge is 0.327 e. The van der Waals surface area contributed by atoms with Gasteiger partial charge in [0.25, 0.3) is 5.69 Å². The number of nitro benzene ring substituents is 1. The Kier molecular flexibility index (Phi) is 3.51. The molecule has 0 aliphatic carbocycles. The lowest BCUT2D eigenvalue weighted by atomic mass is 10.1. The van der Waals surface area contributed by atoms with Crippen LogP contribution in [0.2, 0.25) is 0 Å². The first-order valence-corrected chi connectivity index (χ1v) is 4.24. The number of methoxy groups -OCH3 is 1. The second-order valence-corrected chi connectivity index (χ2v) is 2.96. The van der Waals surface area contributed by atoms with Crippen molar-refractivity contribution in [1.82, 2.24) is 0 Å². The summed E-state index contributed by atoms with van der Waals surface area (Å²) in [7, 11) is 1.09. The van der Waals surface area contributed by atoms with Crippen molar-refractivity contribution in [1.29, 1.82) is 0 Å². The van der Waals surface area contributed by atoms with E-state index in [1.165, 1.54) is 0 Å². The summed E-state index contributed by atoms with van der Waals surface area (Å²) in [5.74, 6) is -1.58. The van der Waals surface area contributed by atoms with Crippen LogP contribution in [0.3, 0.4) is 0 Å². The van der Waals surface area contributed by atoms with Gasteiger partial charge in [-0.1, -0.05) is 0 Å². The molecule has 86 valence electrons. The number of carbonyl (C=O) groups excluding carboxylic acids is 1. The molecule has 0 saturated carbocycles. The van der Waals surface area contributed by atoms with Gasteiger partial charge in [0.05, 0.1) is 17.6 Å². The van der Waals surface area contributed by atoms with Gasteiger partial charge in [0, 0.05) is 6.07 Å². The van der Waals surface area contributed by atoms with E-state index in [9.17, 15) is 19.3 Å². The normalized spacial score (nSPS) is 11.9. The molecular weight excluding hydrogens is 219 g/mol. The maximum absolute atomic E-state index is 12.9. The summed E-state index contributed by atoms with van der Waals surface area (Å²) in [5, 5.41) is 10.6. The van der Waals surface area contributed by atoms with Crippen LogP contribution < -0.4 is 5.73 Å². The van der Waals surface area contributed by atoms with Gasteiger partial charge in [-0.3, -0.25) is 10.1 Å². The van der Waals surface area contributed by atoms with Crippen LogP contribution in [0.1, 0.15) is 11.6 Å². The number of benzene rings is 1. The average molecular weight is 228 g/mol. The van der Waals surface area contributed by atoms with Gasteiger partial charge >= 0.3 is 5.97 Å². The van der Waals surface area contributed by atoms with Gasteiger partial charge < -0.3 is 10.5 Å². The Bertz CT molecular complexity index is 436. The Labute approximate surface area is 90.0 Å². The molecular formula is C9H9FN2O4. The number of esters is 1. The predicted octanol–water partition coefficient (Wildman–Crippen LogP) is 0.907. The minimum Gasteiger partial charge on any atom is -0.468 e. The Hall–Kier alpha value is -2.02. The summed E-state index contributed by atoms with van der Waals surface area (Å²) in [6.07, 6.45) is 0. The second-order valence-electron chi connectivity index (χ2n) is 2.96. The monoisotopic (exact) mass is 228 g/mol. The lowest BCUT2D eigenvalue weighted by molar-refractivity contribution is -0.385. The Morgan fingerprint density at radius 1 is 1.62 bits per heavy atom. The number of halogens is 1. The molecule has 1 aromatic carbocycles. The number of nitro groups is 1. The quantitative estimate of drug-likeness (QED) is 0.471. The van der Waals surface area contributed by atoms with E-state index in [2.05, 4.69) is 4.74 Å². The summed E-state index contributed by atoms with van der Waals surface area (Å²) in [4.78, 5) is 21.0.